The molecule has 1 N–H and O–H groups in total. The van der Waals surface area contributed by atoms with Crippen molar-refractivity contribution in [3.05, 3.63) is 60.1 Å². The predicted molar refractivity (Wildman–Crippen MR) is 113 cm³/mol. The molecule has 1 saturated heterocycles. The van der Waals surface area contributed by atoms with Crippen molar-refractivity contribution in [1.82, 2.24) is 24.9 Å². The second kappa shape index (κ2) is 7.58. The number of carboxylic acid groups (broad SMARTS) is 1. The van der Waals surface area contributed by atoms with Crippen molar-refractivity contribution in [3.8, 4) is 5.69 Å². The van der Waals surface area contributed by atoms with Gasteiger partial charge in [-0.25, -0.2) is 4.98 Å². The van der Waals surface area contributed by atoms with Gasteiger partial charge in [0.15, 0.2) is 5.89 Å². The highest BCUT2D eigenvalue weighted by atomic mass is 16.4. The predicted octanol–water partition coefficient (Wildman–Crippen LogP) is 3.24. The van der Waals surface area contributed by atoms with Gasteiger partial charge in [0.1, 0.15) is 6.26 Å². The molecule has 1 saturated carbocycles. The Bertz CT molecular complexity index is 1160. The molecule has 9 heteroatoms. The Kier molecular flexibility index (Phi) is 4.83. The van der Waals surface area contributed by atoms with Crippen LogP contribution in [0.1, 0.15) is 66.9 Å². The molecular formula is C23H25N5O4. The first-order valence-electron chi connectivity index (χ1n) is 10.8. The Labute approximate surface area is 185 Å². The van der Waals surface area contributed by atoms with E-state index in [1.54, 1.807) is 31.6 Å². The monoisotopic (exact) mass is 435 g/mol. The van der Waals surface area contributed by atoms with Crippen molar-refractivity contribution in [2.24, 2.45) is 5.41 Å². The number of carbonyl (C=O) groups excluding carboxylic acids is 1. The zero-order chi connectivity index (χ0) is 22.5. The van der Waals surface area contributed by atoms with Crippen LogP contribution in [0.2, 0.25) is 0 Å². The summed E-state index contributed by atoms with van der Waals surface area (Å²) >= 11 is 0. The second-order valence-electron chi connectivity index (χ2n) is 9.01. The molecule has 1 amide bonds. The molecule has 2 aromatic heterocycles. The lowest BCUT2D eigenvalue weighted by molar-refractivity contribution is -0.142. The second-order valence-corrected chi connectivity index (χ2v) is 9.01. The van der Waals surface area contributed by atoms with Gasteiger partial charge in [0, 0.05) is 18.5 Å². The largest absolute Gasteiger partial charge is 0.481 e. The molecular weight excluding hydrogens is 410 g/mol. The number of oxazole rings is 1. The third-order valence-corrected chi connectivity index (χ3v) is 6.88. The van der Waals surface area contributed by atoms with Gasteiger partial charge >= 0.3 is 5.97 Å². The maximum atomic E-state index is 13.5. The number of likely N-dealkylation sites (tertiary alicyclic amines) is 1. The van der Waals surface area contributed by atoms with E-state index >= 15 is 0 Å². The molecule has 0 spiro atoms. The van der Waals surface area contributed by atoms with E-state index in [1.807, 2.05) is 30.0 Å². The standard InChI is InChI=1S/C23H25N5O4/c1-14-7-8-15(20-26-18(13-32-20)17-11-23(17,2)22(30)31)12-27(14)21(29)16-5-3-4-6-19(16)28-24-9-10-25-28/h3-6,9-10,13-15,17H,7-8,11-12H2,1-2H3,(H,30,31)/t14-,15-,17?,23?/m1/s1. The van der Waals surface area contributed by atoms with Crippen LogP contribution in [0.25, 0.3) is 5.69 Å². The topological polar surface area (TPSA) is 114 Å². The highest BCUT2D eigenvalue weighted by molar-refractivity contribution is 5.98. The number of carboxylic acids is 1. The summed E-state index contributed by atoms with van der Waals surface area (Å²) < 4.78 is 5.76. The quantitative estimate of drug-likeness (QED) is 0.654. The normalized spacial score (nSPS) is 27.3. The number of rotatable bonds is 5. The molecule has 0 radical (unpaired) electrons. The lowest BCUT2D eigenvalue weighted by Crippen LogP contribution is -2.45. The average Bonchev–Trinajstić information content (AvgIpc) is 3.20. The lowest BCUT2D eigenvalue weighted by atomic mass is 9.92. The molecule has 2 unspecified atom stereocenters. The third-order valence-electron chi connectivity index (χ3n) is 6.88. The first kappa shape index (κ1) is 20.4. The molecule has 1 aliphatic carbocycles. The van der Waals surface area contributed by atoms with Crippen LogP contribution in [0.15, 0.2) is 47.3 Å². The molecule has 4 atom stereocenters. The molecule has 3 aromatic rings. The van der Waals surface area contributed by atoms with Gasteiger partial charge in [-0.2, -0.15) is 15.0 Å². The minimum absolute atomic E-state index is 0.0336. The van der Waals surface area contributed by atoms with Crippen LogP contribution in [-0.2, 0) is 4.79 Å². The number of nitrogens with zero attached hydrogens (tertiary/aromatic N) is 5. The van der Waals surface area contributed by atoms with E-state index in [0.29, 0.717) is 35.8 Å². The minimum atomic E-state index is -0.805. The Morgan fingerprint density at radius 1 is 1.19 bits per heavy atom. The Balaban J connectivity index is 1.36. The van der Waals surface area contributed by atoms with Crippen molar-refractivity contribution in [1.29, 1.82) is 0 Å². The molecule has 2 aliphatic rings. The van der Waals surface area contributed by atoms with Gasteiger partial charge in [0.2, 0.25) is 0 Å². The summed E-state index contributed by atoms with van der Waals surface area (Å²) in [6.45, 7) is 4.27. The number of piperidine rings is 1. The maximum absolute atomic E-state index is 13.5. The number of amides is 1. The minimum Gasteiger partial charge on any atom is -0.481 e. The molecule has 1 aromatic carbocycles. The zero-order valence-corrected chi connectivity index (χ0v) is 18.0. The fraction of sp³-hybridized carbons (Fsp3) is 0.435. The van der Waals surface area contributed by atoms with E-state index < -0.39 is 11.4 Å². The SMILES string of the molecule is C[C@@H]1CC[C@@H](c2nc(C3CC3(C)C(=O)O)co2)CN1C(=O)c1ccccc1-n1nccn1. The number of hydrogen-bond acceptors (Lipinski definition) is 6. The van der Waals surface area contributed by atoms with Crippen molar-refractivity contribution < 1.29 is 19.1 Å². The van der Waals surface area contributed by atoms with E-state index in [1.165, 1.54) is 4.80 Å². The van der Waals surface area contributed by atoms with Crippen molar-refractivity contribution in [3.63, 3.8) is 0 Å². The van der Waals surface area contributed by atoms with Crippen LogP contribution < -0.4 is 0 Å². The van der Waals surface area contributed by atoms with Crippen LogP contribution >= 0.6 is 0 Å². The number of benzene rings is 1. The number of para-hydroxylation sites is 1. The van der Waals surface area contributed by atoms with E-state index in [9.17, 15) is 14.7 Å². The summed E-state index contributed by atoms with van der Waals surface area (Å²) in [4.78, 5) is 32.9. The van der Waals surface area contributed by atoms with Gasteiger partial charge in [-0.15, -0.1) is 0 Å². The van der Waals surface area contributed by atoms with Crippen molar-refractivity contribution in [2.45, 2.75) is 51.0 Å². The van der Waals surface area contributed by atoms with Gasteiger partial charge in [-0.3, -0.25) is 9.59 Å². The van der Waals surface area contributed by atoms with Gasteiger partial charge in [-0.1, -0.05) is 12.1 Å². The number of carbonyl (C=O) groups is 2. The zero-order valence-electron chi connectivity index (χ0n) is 18.0. The summed E-state index contributed by atoms with van der Waals surface area (Å²) in [6.07, 6.45) is 6.99. The summed E-state index contributed by atoms with van der Waals surface area (Å²) in [6, 6.07) is 7.39. The Morgan fingerprint density at radius 2 is 1.94 bits per heavy atom. The van der Waals surface area contributed by atoms with Gasteiger partial charge in [0.25, 0.3) is 5.91 Å². The van der Waals surface area contributed by atoms with Crippen LogP contribution in [-0.4, -0.2) is 54.4 Å². The van der Waals surface area contributed by atoms with E-state index in [0.717, 1.165) is 12.8 Å². The number of aliphatic carboxylic acids is 1. The molecule has 0 bridgehead atoms. The van der Waals surface area contributed by atoms with E-state index in [4.69, 9.17) is 4.42 Å². The maximum Gasteiger partial charge on any atom is 0.310 e. The summed E-state index contributed by atoms with van der Waals surface area (Å²) in [5.41, 5.74) is 1.11. The molecule has 32 heavy (non-hydrogen) atoms. The highest BCUT2D eigenvalue weighted by Crippen LogP contribution is 2.59. The first-order valence-corrected chi connectivity index (χ1v) is 10.8. The fourth-order valence-electron chi connectivity index (χ4n) is 4.60. The first-order chi connectivity index (χ1) is 15.4. The molecule has 3 heterocycles. The molecule has 166 valence electrons. The molecule has 5 rings (SSSR count). The molecule has 1 aliphatic heterocycles. The average molecular weight is 435 g/mol. The van der Waals surface area contributed by atoms with Gasteiger partial charge < -0.3 is 14.4 Å². The lowest BCUT2D eigenvalue weighted by Gasteiger charge is -2.37. The van der Waals surface area contributed by atoms with Crippen LogP contribution in [0.5, 0.6) is 0 Å². The summed E-state index contributed by atoms with van der Waals surface area (Å²) in [5, 5.41) is 17.8. The van der Waals surface area contributed by atoms with Crippen LogP contribution in [0, 0.1) is 5.41 Å². The Hall–Kier alpha value is -3.49. The summed E-state index contributed by atoms with van der Waals surface area (Å²) in [7, 11) is 0. The third kappa shape index (κ3) is 3.37. The van der Waals surface area contributed by atoms with Crippen LogP contribution in [0.3, 0.4) is 0 Å². The molecule has 2 fully saturated rings. The summed E-state index contributed by atoms with van der Waals surface area (Å²) in [5.74, 6) is -0.463. The van der Waals surface area contributed by atoms with E-state index in [2.05, 4.69) is 15.2 Å². The van der Waals surface area contributed by atoms with E-state index in [-0.39, 0.29) is 23.8 Å². The Morgan fingerprint density at radius 3 is 2.66 bits per heavy atom. The van der Waals surface area contributed by atoms with Gasteiger partial charge in [0.05, 0.1) is 40.7 Å². The smallest absolute Gasteiger partial charge is 0.310 e. The van der Waals surface area contributed by atoms with Crippen LogP contribution in [0.4, 0.5) is 0 Å². The van der Waals surface area contributed by atoms with Crippen molar-refractivity contribution in [2.75, 3.05) is 6.54 Å². The molecule has 9 nitrogen and oxygen atoms in total. The number of aromatic nitrogens is 4. The van der Waals surface area contributed by atoms with Crippen molar-refractivity contribution >= 4 is 11.9 Å². The fourth-order valence-corrected chi connectivity index (χ4v) is 4.60. The number of hydrogen-bond donors (Lipinski definition) is 1. The van der Waals surface area contributed by atoms with Gasteiger partial charge in [-0.05, 0) is 45.2 Å². The highest BCUT2D eigenvalue weighted by Gasteiger charge is 2.58.